The zero-order chi connectivity index (χ0) is 19.8. The second-order valence-electron chi connectivity index (χ2n) is 8.46. The summed E-state index contributed by atoms with van der Waals surface area (Å²) in [6.07, 6.45) is 10.3. The van der Waals surface area contributed by atoms with Crippen molar-refractivity contribution in [1.29, 1.82) is 0 Å². The predicted molar refractivity (Wildman–Crippen MR) is 106 cm³/mol. The fourth-order valence-electron chi connectivity index (χ4n) is 4.59. The van der Waals surface area contributed by atoms with Crippen molar-refractivity contribution in [2.75, 3.05) is 26.2 Å². The highest BCUT2D eigenvalue weighted by Gasteiger charge is 2.34. The smallest absolute Gasteiger partial charge is 0.276 e. The summed E-state index contributed by atoms with van der Waals surface area (Å²) < 4.78 is 38.8. The molecule has 0 aromatic carbocycles. The van der Waals surface area contributed by atoms with E-state index in [0.29, 0.717) is 42.4 Å². The predicted octanol–water partition coefficient (Wildman–Crippen LogP) is 3.24. The lowest BCUT2D eigenvalue weighted by Gasteiger charge is -2.39. The first-order valence-electron chi connectivity index (χ1n) is 10.8. The number of rotatable bonds is 5. The lowest BCUT2D eigenvalue weighted by molar-refractivity contribution is 0.117. The molecule has 0 N–H and O–H groups in total. The number of nitrogens with zero attached hydrogens (tertiary/aromatic N) is 4. The summed E-state index contributed by atoms with van der Waals surface area (Å²) in [7, 11) is -3.65. The molecule has 0 unspecified atom stereocenters. The van der Waals surface area contributed by atoms with E-state index < -0.39 is 10.0 Å². The Morgan fingerprint density at radius 1 is 0.931 bits per heavy atom. The first kappa shape index (κ1) is 19.3. The topological polar surface area (TPSA) is 92.7 Å². The van der Waals surface area contributed by atoms with E-state index in [1.807, 2.05) is 0 Å². The van der Waals surface area contributed by atoms with Crippen LogP contribution in [0.5, 0.6) is 0 Å². The molecular formula is C20H28N4O4S. The molecule has 2 saturated heterocycles. The van der Waals surface area contributed by atoms with Gasteiger partial charge in [-0.15, -0.1) is 10.2 Å². The van der Waals surface area contributed by atoms with E-state index in [4.69, 9.17) is 8.83 Å². The Morgan fingerprint density at radius 3 is 2.38 bits per heavy atom. The van der Waals surface area contributed by atoms with Crippen LogP contribution in [0.1, 0.15) is 63.2 Å². The number of furan rings is 1. The van der Waals surface area contributed by atoms with Crippen molar-refractivity contribution in [3.05, 3.63) is 18.2 Å². The maximum Gasteiger partial charge on any atom is 0.276 e. The molecule has 1 aliphatic carbocycles. The highest BCUT2D eigenvalue weighted by molar-refractivity contribution is 7.89. The van der Waals surface area contributed by atoms with Crippen molar-refractivity contribution < 1.29 is 17.3 Å². The van der Waals surface area contributed by atoms with Crippen molar-refractivity contribution >= 4 is 10.0 Å². The first-order valence-corrected chi connectivity index (χ1v) is 12.2. The third-order valence-corrected chi connectivity index (χ3v) is 8.41. The highest BCUT2D eigenvalue weighted by Crippen LogP contribution is 2.37. The highest BCUT2D eigenvalue weighted by atomic mass is 32.2. The van der Waals surface area contributed by atoms with Gasteiger partial charge in [-0.2, -0.15) is 4.31 Å². The molecule has 3 fully saturated rings. The fraction of sp³-hybridized carbons (Fsp3) is 0.700. The normalized spacial score (nSPS) is 23.3. The Balaban J connectivity index is 1.25. The molecule has 0 radical (unpaired) electrons. The van der Waals surface area contributed by atoms with Crippen molar-refractivity contribution in [2.45, 2.75) is 68.4 Å². The minimum Gasteiger partial charge on any atom is -0.451 e. The van der Waals surface area contributed by atoms with Crippen molar-refractivity contribution in [3.8, 4) is 11.5 Å². The van der Waals surface area contributed by atoms with Gasteiger partial charge < -0.3 is 13.7 Å². The molecule has 0 spiro atoms. The summed E-state index contributed by atoms with van der Waals surface area (Å²) in [6.45, 7) is 3.36. The maximum absolute atomic E-state index is 13.0. The number of hydrogen-bond acceptors (Lipinski definition) is 7. The Morgan fingerprint density at radius 2 is 1.69 bits per heavy atom. The Kier molecular flexibility index (Phi) is 5.21. The summed E-state index contributed by atoms with van der Waals surface area (Å²) in [6, 6.07) is 2.00. The maximum atomic E-state index is 13.0. The Bertz CT molecular complexity index is 935. The van der Waals surface area contributed by atoms with Crippen LogP contribution in [0.3, 0.4) is 0 Å². The van der Waals surface area contributed by atoms with E-state index in [2.05, 4.69) is 15.1 Å². The average molecular weight is 421 g/mol. The molecular weight excluding hydrogens is 392 g/mol. The van der Waals surface area contributed by atoms with Gasteiger partial charge in [-0.25, -0.2) is 8.42 Å². The van der Waals surface area contributed by atoms with Gasteiger partial charge in [0.1, 0.15) is 6.26 Å². The van der Waals surface area contributed by atoms with Crippen LogP contribution in [0, 0.1) is 0 Å². The van der Waals surface area contributed by atoms with E-state index in [-0.39, 0.29) is 5.09 Å². The molecule has 158 valence electrons. The van der Waals surface area contributed by atoms with Gasteiger partial charge in [0.25, 0.3) is 15.9 Å². The second-order valence-corrected chi connectivity index (χ2v) is 10.3. The number of piperidine rings is 2. The van der Waals surface area contributed by atoms with Gasteiger partial charge >= 0.3 is 0 Å². The fourth-order valence-corrected chi connectivity index (χ4v) is 5.99. The van der Waals surface area contributed by atoms with E-state index in [1.54, 1.807) is 4.31 Å². The average Bonchev–Trinajstić information content (AvgIpc) is 3.38. The molecule has 3 aliphatic rings. The summed E-state index contributed by atoms with van der Waals surface area (Å²) in [5.41, 5.74) is 0.518. The van der Waals surface area contributed by atoms with E-state index in [1.165, 1.54) is 38.0 Å². The van der Waals surface area contributed by atoms with E-state index >= 15 is 0 Å². The van der Waals surface area contributed by atoms with Crippen LogP contribution in [0.2, 0.25) is 0 Å². The summed E-state index contributed by atoms with van der Waals surface area (Å²) in [4.78, 5) is 2.54. The second kappa shape index (κ2) is 7.85. The SMILES string of the molecule is O=S(=O)(c1cc(-c2nnc(C3CCC3)o2)co1)N1CCC(N2CCCCC2)CC1. The lowest BCUT2D eigenvalue weighted by atomic mass is 9.85. The molecule has 0 bridgehead atoms. The molecule has 4 heterocycles. The van der Waals surface area contributed by atoms with Crippen molar-refractivity contribution in [3.63, 3.8) is 0 Å². The molecule has 2 aliphatic heterocycles. The molecule has 9 heteroatoms. The largest absolute Gasteiger partial charge is 0.451 e. The minimum atomic E-state index is -3.65. The molecule has 2 aromatic rings. The molecule has 1 saturated carbocycles. The molecule has 0 amide bonds. The molecule has 2 aromatic heterocycles. The molecule has 29 heavy (non-hydrogen) atoms. The quantitative estimate of drug-likeness (QED) is 0.733. The molecule has 0 atom stereocenters. The van der Waals surface area contributed by atoms with Crippen LogP contribution in [0.4, 0.5) is 0 Å². The number of sulfonamides is 1. The summed E-state index contributed by atoms with van der Waals surface area (Å²) >= 11 is 0. The van der Waals surface area contributed by atoms with Crippen LogP contribution in [-0.2, 0) is 10.0 Å². The van der Waals surface area contributed by atoms with Crippen molar-refractivity contribution in [1.82, 2.24) is 19.4 Å². The van der Waals surface area contributed by atoms with Crippen LogP contribution in [0.15, 0.2) is 26.3 Å². The molecule has 5 rings (SSSR count). The first-order chi connectivity index (χ1) is 14.1. The van der Waals surface area contributed by atoms with Gasteiger partial charge in [0, 0.05) is 31.1 Å². The van der Waals surface area contributed by atoms with Gasteiger partial charge in [-0.1, -0.05) is 12.8 Å². The van der Waals surface area contributed by atoms with Gasteiger partial charge in [0.15, 0.2) is 0 Å². The van der Waals surface area contributed by atoms with Crippen LogP contribution < -0.4 is 0 Å². The van der Waals surface area contributed by atoms with Crippen LogP contribution in [0.25, 0.3) is 11.5 Å². The zero-order valence-corrected chi connectivity index (χ0v) is 17.4. The van der Waals surface area contributed by atoms with Crippen LogP contribution in [-0.4, -0.2) is 60.0 Å². The Labute approximate surface area is 171 Å². The number of aromatic nitrogens is 2. The minimum absolute atomic E-state index is 0.0488. The van der Waals surface area contributed by atoms with E-state index in [9.17, 15) is 8.42 Å². The zero-order valence-electron chi connectivity index (χ0n) is 16.6. The van der Waals surface area contributed by atoms with E-state index in [0.717, 1.165) is 38.8 Å². The standard InChI is InChI=1S/C20H28N4O4S/c25-29(26,24-11-7-17(8-12-24)23-9-2-1-3-10-23)18-13-16(14-27-18)20-22-21-19(28-20)15-5-4-6-15/h13-15,17H,1-12H2. The summed E-state index contributed by atoms with van der Waals surface area (Å²) in [5.74, 6) is 1.30. The van der Waals surface area contributed by atoms with Gasteiger partial charge in [0.05, 0.1) is 5.56 Å². The van der Waals surface area contributed by atoms with Gasteiger partial charge in [-0.05, 0) is 51.6 Å². The van der Waals surface area contributed by atoms with Gasteiger partial charge in [0.2, 0.25) is 11.0 Å². The lowest BCUT2D eigenvalue weighted by Crippen LogP contribution is -2.48. The van der Waals surface area contributed by atoms with Crippen LogP contribution >= 0.6 is 0 Å². The monoisotopic (exact) mass is 420 g/mol. The van der Waals surface area contributed by atoms with Crippen molar-refractivity contribution in [2.24, 2.45) is 0 Å². The summed E-state index contributed by atoms with van der Waals surface area (Å²) in [5, 5.41) is 8.13. The number of hydrogen-bond donors (Lipinski definition) is 0. The van der Waals surface area contributed by atoms with Gasteiger partial charge in [-0.3, -0.25) is 0 Å². The molecule has 8 nitrogen and oxygen atoms in total. The third-order valence-electron chi connectivity index (χ3n) is 6.64. The Hall–Kier alpha value is -1.71. The number of likely N-dealkylation sites (tertiary alicyclic amines) is 1. The third kappa shape index (κ3) is 3.75.